The van der Waals surface area contributed by atoms with Gasteiger partial charge in [0.1, 0.15) is 5.75 Å². The summed E-state index contributed by atoms with van der Waals surface area (Å²) in [5, 5.41) is 6.27. The average Bonchev–Trinajstić information content (AvgIpc) is 2.89. The Bertz CT molecular complexity index is 409. The number of carbonyl (C=O) groups excluding carboxylic acids is 1. The first-order chi connectivity index (χ1) is 9.15. The lowest BCUT2D eigenvalue weighted by molar-refractivity contribution is 0.0948. The Morgan fingerprint density at radius 1 is 1.42 bits per heavy atom. The first kappa shape index (κ1) is 13.9. The third kappa shape index (κ3) is 4.24. The molecular formula is C15H22N2O2. The van der Waals surface area contributed by atoms with Crippen LogP contribution in [-0.2, 0) is 0 Å². The van der Waals surface area contributed by atoms with Gasteiger partial charge in [-0.3, -0.25) is 4.79 Å². The van der Waals surface area contributed by atoms with Crippen LogP contribution in [0.1, 0.15) is 30.6 Å². The maximum absolute atomic E-state index is 12.0. The van der Waals surface area contributed by atoms with Gasteiger partial charge in [0, 0.05) is 12.1 Å². The van der Waals surface area contributed by atoms with Crippen LogP contribution in [0.4, 0.5) is 0 Å². The minimum atomic E-state index is -0.0111. The molecule has 19 heavy (non-hydrogen) atoms. The number of hydrogen-bond acceptors (Lipinski definition) is 3. The molecule has 0 radical (unpaired) electrons. The van der Waals surface area contributed by atoms with E-state index in [1.807, 2.05) is 26.0 Å². The van der Waals surface area contributed by atoms with Gasteiger partial charge in [-0.25, -0.2) is 0 Å². The molecule has 1 atom stereocenters. The van der Waals surface area contributed by atoms with E-state index in [2.05, 4.69) is 10.6 Å². The first-order valence-electron chi connectivity index (χ1n) is 6.91. The molecule has 0 saturated carbocycles. The van der Waals surface area contributed by atoms with E-state index >= 15 is 0 Å². The van der Waals surface area contributed by atoms with Crippen molar-refractivity contribution in [1.29, 1.82) is 0 Å². The zero-order chi connectivity index (χ0) is 13.7. The summed E-state index contributed by atoms with van der Waals surface area (Å²) in [6.45, 7) is 6.77. The van der Waals surface area contributed by atoms with Gasteiger partial charge < -0.3 is 15.4 Å². The number of ether oxygens (including phenoxy) is 1. The Labute approximate surface area is 114 Å². The van der Waals surface area contributed by atoms with Gasteiger partial charge in [0.25, 0.3) is 5.91 Å². The second-order valence-corrected chi connectivity index (χ2v) is 5.26. The highest BCUT2D eigenvalue weighted by atomic mass is 16.5. The van der Waals surface area contributed by atoms with Gasteiger partial charge in [-0.15, -0.1) is 0 Å². The normalized spacial score (nSPS) is 18.6. The largest absolute Gasteiger partial charge is 0.491 e. The molecule has 1 unspecified atom stereocenters. The minimum Gasteiger partial charge on any atom is -0.491 e. The van der Waals surface area contributed by atoms with Crippen molar-refractivity contribution in [2.75, 3.05) is 19.6 Å². The summed E-state index contributed by atoms with van der Waals surface area (Å²) in [7, 11) is 0. The number of amides is 1. The summed E-state index contributed by atoms with van der Waals surface area (Å²) in [6.07, 6.45) is 1.29. The van der Waals surface area contributed by atoms with Crippen molar-refractivity contribution in [2.24, 2.45) is 5.92 Å². The van der Waals surface area contributed by atoms with Crippen LogP contribution in [0.3, 0.4) is 0 Å². The van der Waals surface area contributed by atoms with Crippen molar-refractivity contribution in [1.82, 2.24) is 10.6 Å². The van der Waals surface area contributed by atoms with Gasteiger partial charge in [0.15, 0.2) is 0 Å². The van der Waals surface area contributed by atoms with Crippen molar-refractivity contribution >= 4 is 5.91 Å². The summed E-state index contributed by atoms with van der Waals surface area (Å²) in [5.74, 6) is 1.35. The molecule has 0 spiro atoms. The monoisotopic (exact) mass is 262 g/mol. The second-order valence-electron chi connectivity index (χ2n) is 5.26. The van der Waals surface area contributed by atoms with E-state index in [1.54, 1.807) is 12.1 Å². The van der Waals surface area contributed by atoms with Gasteiger partial charge in [-0.1, -0.05) is 0 Å². The third-order valence-corrected chi connectivity index (χ3v) is 3.20. The smallest absolute Gasteiger partial charge is 0.251 e. The Morgan fingerprint density at radius 3 is 2.74 bits per heavy atom. The zero-order valence-corrected chi connectivity index (χ0v) is 11.6. The molecule has 1 heterocycles. The van der Waals surface area contributed by atoms with Crippen molar-refractivity contribution in [3.63, 3.8) is 0 Å². The summed E-state index contributed by atoms with van der Waals surface area (Å²) < 4.78 is 5.55. The molecule has 2 N–H and O–H groups in total. The molecule has 1 fully saturated rings. The van der Waals surface area contributed by atoms with Crippen LogP contribution < -0.4 is 15.4 Å². The molecule has 4 nitrogen and oxygen atoms in total. The van der Waals surface area contributed by atoms with E-state index in [9.17, 15) is 4.79 Å². The van der Waals surface area contributed by atoms with Gasteiger partial charge in [-0.05, 0) is 63.5 Å². The van der Waals surface area contributed by atoms with E-state index in [1.165, 1.54) is 0 Å². The fourth-order valence-corrected chi connectivity index (χ4v) is 2.18. The van der Waals surface area contributed by atoms with Crippen LogP contribution in [0.2, 0.25) is 0 Å². The number of rotatable bonds is 5. The van der Waals surface area contributed by atoms with E-state index in [0.29, 0.717) is 11.5 Å². The van der Waals surface area contributed by atoms with Crippen LogP contribution in [0.15, 0.2) is 24.3 Å². The third-order valence-electron chi connectivity index (χ3n) is 3.20. The van der Waals surface area contributed by atoms with E-state index in [-0.39, 0.29) is 12.0 Å². The summed E-state index contributed by atoms with van der Waals surface area (Å²) in [6, 6.07) is 7.29. The van der Waals surface area contributed by atoms with Gasteiger partial charge in [0.2, 0.25) is 0 Å². The highest BCUT2D eigenvalue weighted by molar-refractivity contribution is 5.94. The maximum atomic E-state index is 12.0. The summed E-state index contributed by atoms with van der Waals surface area (Å²) in [4.78, 5) is 12.0. The molecule has 1 saturated heterocycles. The highest BCUT2D eigenvalue weighted by Gasteiger charge is 2.15. The Hall–Kier alpha value is -1.55. The van der Waals surface area contributed by atoms with Gasteiger partial charge in [-0.2, -0.15) is 0 Å². The average molecular weight is 262 g/mol. The van der Waals surface area contributed by atoms with E-state index in [4.69, 9.17) is 4.74 Å². The Morgan fingerprint density at radius 2 is 2.16 bits per heavy atom. The van der Waals surface area contributed by atoms with Crippen molar-refractivity contribution < 1.29 is 9.53 Å². The highest BCUT2D eigenvalue weighted by Crippen LogP contribution is 2.14. The lowest BCUT2D eigenvalue weighted by Gasteiger charge is -2.11. The molecule has 0 aromatic heterocycles. The van der Waals surface area contributed by atoms with Gasteiger partial charge >= 0.3 is 0 Å². The molecule has 1 aromatic carbocycles. The number of nitrogens with one attached hydrogen (secondary N) is 2. The SMILES string of the molecule is CC(C)Oc1ccc(C(=O)NCC2CCNC2)cc1. The summed E-state index contributed by atoms with van der Waals surface area (Å²) >= 11 is 0. The van der Waals surface area contributed by atoms with Crippen LogP contribution in [-0.4, -0.2) is 31.6 Å². The topological polar surface area (TPSA) is 50.4 Å². The number of carbonyl (C=O) groups is 1. The molecule has 1 aliphatic rings. The number of benzene rings is 1. The van der Waals surface area contributed by atoms with E-state index < -0.39 is 0 Å². The van der Waals surface area contributed by atoms with E-state index in [0.717, 1.165) is 31.8 Å². The number of hydrogen-bond donors (Lipinski definition) is 2. The van der Waals surface area contributed by atoms with Crippen LogP contribution >= 0.6 is 0 Å². The molecule has 0 bridgehead atoms. The molecule has 1 amide bonds. The predicted octanol–water partition coefficient (Wildman–Crippen LogP) is 1.81. The van der Waals surface area contributed by atoms with Crippen molar-refractivity contribution in [3.8, 4) is 5.75 Å². The quantitative estimate of drug-likeness (QED) is 0.851. The first-order valence-corrected chi connectivity index (χ1v) is 6.91. The van der Waals surface area contributed by atoms with Crippen LogP contribution in [0.25, 0.3) is 0 Å². The summed E-state index contributed by atoms with van der Waals surface area (Å²) in [5.41, 5.74) is 0.682. The fraction of sp³-hybridized carbons (Fsp3) is 0.533. The molecule has 1 aliphatic heterocycles. The molecular weight excluding hydrogens is 240 g/mol. The zero-order valence-electron chi connectivity index (χ0n) is 11.6. The lowest BCUT2D eigenvalue weighted by atomic mass is 10.1. The van der Waals surface area contributed by atoms with Crippen LogP contribution in [0.5, 0.6) is 5.75 Å². The van der Waals surface area contributed by atoms with Crippen molar-refractivity contribution in [2.45, 2.75) is 26.4 Å². The second kappa shape index (κ2) is 6.57. The van der Waals surface area contributed by atoms with Crippen molar-refractivity contribution in [3.05, 3.63) is 29.8 Å². The minimum absolute atomic E-state index is 0.0111. The molecule has 1 aromatic rings. The maximum Gasteiger partial charge on any atom is 0.251 e. The Balaban J connectivity index is 1.84. The molecule has 104 valence electrons. The fourth-order valence-electron chi connectivity index (χ4n) is 2.18. The van der Waals surface area contributed by atoms with Gasteiger partial charge in [0.05, 0.1) is 6.10 Å². The molecule has 2 rings (SSSR count). The van der Waals surface area contributed by atoms with Crippen LogP contribution in [0, 0.1) is 5.92 Å². The molecule has 4 heteroatoms. The standard InChI is InChI=1S/C15H22N2O2/c1-11(2)19-14-5-3-13(4-6-14)15(18)17-10-12-7-8-16-9-12/h3-6,11-12,16H,7-10H2,1-2H3,(H,17,18). The molecule has 0 aliphatic carbocycles. The Kier molecular flexibility index (Phi) is 4.80. The lowest BCUT2D eigenvalue weighted by Crippen LogP contribution is -2.30. The predicted molar refractivity (Wildman–Crippen MR) is 75.5 cm³/mol.